The van der Waals surface area contributed by atoms with Crippen LogP contribution in [0.15, 0.2) is 42.7 Å². The summed E-state index contributed by atoms with van der Waals surface area (Å²) in [5, 5.41) is 8.16. The maximum atomic E-state index is 13.9. The number of aromatic nitrogens is 4. The maximum absolute atomic E-state index is 13.9. The molecule has 4 rings (SSSR count). The fraction of sp³-hybridized carbons (Fsp3) is 0.381. The molecule has 1 aliphatic heterocycles. The van der Waals surface area contributed by atoms with Crippen LogP contribution < -0.4 is 10.2 Å². The standard InChI is InChI=1S/C21H25FN6/c1-15-11-16(2)28(26-15)20-7-6-18(22)12-17(20)13-25-19-5-3-10-27(14-19)21-23-8-4-9-24-21/h4,6-9,11-12,19,25H,3,5,10,13-14H2,1-2H3/t19-/m1/s1. The average molecular weight is 380 g/mol. The quantitative estimate of drug-likeness (QED) is 0.737. The molecule has 0 unspecified atom stereocenters. The predicted molar refractivity (Wildman–Crippen MR) is 107 cm³/mol. The second kappa shape index (κ2) is 8.06. The highest BCUT2D eigenvalue weighted by Gasteiger charge is 2.21. The molecule has 2 aromatic heterocycles. The Bertz CT molecular complexity index is 939. The van der Waals surface area contributed by atoms with Crippen LogP contribution in [0.25, 0.3) is 5.69 Å². The highest BCUT2D eigenvalue weighted by molar-refractivity contribution is 5.42. The first-order chi connectivity index (χ1) is 13.6. The highest BCUT2D eigenvalue weighted by atomic mass is 19.1. The Hall–Kier alpha value is -2.80. The zero-order valence-corrected chi connectivity index (χ0v) is 16.3. The first kappa shape index (κ1) is 18.6. The number of nitrogens with zero attached hydrogens (tertiary/aromatic N) is 5. The smallest absolute Gasteiger partial charge is 0.225 e. The fourth-order valence-corrected chi connectivity index (χ4v) is 3.81. The molecule has 1 aromatic carbocycles. The molecule has 0 spiro atoms. The summed E-state index contributed by atoms with van der Waals surface area (Å²) in [5.41, 5.74) is 3.81. The third kappa shape index (κ3) is 4.04. The summed E-state index contributed by atoms with van der Waals surface area (Å²) in [4.78, 5) is 10.9. The van der Waals surface area contributed by atoms with Crippen LogP contribution in [-0.4, -0.2) is 38.9 Å². The molecule has 1 aliphatic rings. The molecule has 0 radical (unpaired) electrons. The van der Waals surface area contributed by atoms with Crippen molar-refractivity contribution in [3.8, 4) is 5.69 Å². The van der Waals surface area contributed by atoms with Crippen molar-refractivity contribution >= 4 is 5.95 Å². The molecule has 3 aromatic rings. The van der Waals surface area contributed by atoms with Crippen LogP contribution >= 0.6 is 0 Å². The van der Waals surface area contributed by atoms with Gasteiger partial charge in [0.1, 0.15) is 5.82 Å². The van der Waals surface area contributed by atoms with Gasteiger partial charge in [-0.1, -0.05) is 0 Å². The number of halogens is 1. The zero-order chi connectivity index (χ0) is 19.5. The number of rotatable bonds is 5. The molecule has 146 valence electrons. The van der Waals surface area contributed by atoms with Crippen molar-refractivity contribution in [2.45, 2.75) is 39.3 Å². The van der Waals surface area contributed by atoms with Gasteiger partial charge in [0.25, 0.3) is 0 Å². The van der Waals surface area contributed by atoms with Gasteiger partial charge in [-0.2, -0.15) is 5.10 Å². The van der Waals surface area contributed by atoms with E-state index >= 15 is 0 Å². The van der Waals surface area contributed by atoms with Gasteiger partial charge in [-0.15, -0.1) is 0 Å². The molecule has 3 heterocycles. The van der Waals surface area contributed by atoms with E-state index in [0.717, 1.165) is 54.5 Å². The lowest BCUT2D eigenvalue weighted by atomic mass is 10.1. The number of aryl methyl sites for hydroxylation is 2. The first-order valence-electron chi connectivity index (χ1n) is 9.67. The molecular formula is C21H25FN6. The Kier molecular flexibility index (Phi) is 5.34. The number of hydrogen-bond donors (Lipinski definition) is 1. The van der Waals surface area contributed by atoms with E-state index in [1.54, 1.807) is 24.5 Å². The highest BCUT2D eigenvalue weighted by Crippen LogP contribution is 2.20. The summed E-state index contributed by atoms with van der Waals surface area (Å²) in [6.07, 6.45) is 5.69. The topological polar surface area (TPSA) is 58.9 Å². The molecule has 1 fully saturated rings. The summed E-state index contributed by atoms with van der Waals surface area (Å²) in [6.45, 7) is 6.36. The summed E-state index contributed by atoms with van der Waals surface area (Å²) < 4.78 is 15.8. The van der Waals surface area contributed by atoms with Crippen LogP contribution in [0.5, 0.6) is 0 Å². The molecule has 1 atom stereocenters. The van der Waals surface area contributed by atoms with Crippen LogP contribution in [-0.2, 0) is 6.54 Å². The fourth-order valence-electron chi connectivity index (χ4n) is 3.81. The van der Waals surface area contributed by atoms with Gasteiger partial charge in [-0.3, -0.25) is 0 Å². The maximum Gasteiger partial charge on any atom is 0.225 e. The van der Waals surface area contributed by atoms with Crippen LogP contribution in [0.2, 0.25) is 0 Å². The van der Waals surface area contributed by atoms with Gasteiger partial charge in [-0.25, -0.2) is 19.0 Å². The molecule has 7 heteroatoms. The average Bonchev–Trinajstić information content (AvgIpc) is 3.05. The molecule has 1 saturated heterocycles. The van der Waals surface area contributed by atoms with Crippen LogP contribution in [0.4, 0.5) is 10.3 Å². The van der Waals surface area contributed by atoms with Gasteiger partial charge in [0.2, 0.25) is 5.95 Å². The Morgan fingerprint density at radius 3 is 2.75 bits per heavy atom. The summed E-state index contributed by atoms with van der Waals surface area (Å²) in [5.74, 6) is 0.535. The van der Waals surface area contributed by atoms with E-state index in [2.05, 4.69) is 25.3 Å². The van der Waals surface area contributed by atoms with Gasteiger partial charge >= 0.3 is 0 Å². The minimum atomic E-state index is -0.231. The van der Waals surface area contributed by atoms with Crippen LogP contribution in [0.3, 0.4) is 0 Å². The molecule has 6 nitrogen and oxygen atoms in total. The summed E-state index contributed by atoms with van der Waals surface area (Å²) in [6, 6.07) is 9.04. The summed E-state index contributed by atoms with van der Waals surface area (Å²) in [7, 11) is 0. The van der Waals surface area contributed by atoms with Crippen LogP contribution in [0.1, 0.15) is 29.8 Å². The van der Waals surface area contributed by atoms with Crippen molar-refractivity contribution in [2.24, 2.45) is 0 Å². The summed E-state index contributed by atoms with van der Waals surface area (Å²) >= 11 is 0. The minimum Gasteiger partial charge on any atom is -0.339 e. The van der Waals surface area contributed by atoms with Gasteiger partial charge < -0.3 is 10.2 Å². The SMILES string of the molecule is Cc1cc(C)n(-c2ccc(F)cc2CN[C@@H]2CCCN(c3ncccn3)C2)n1. The monoisotopic (exact) mass is 380 g/mol. The Morgan fingerprint density at radius 1 is 1.18 bits per heavy atom. The van der Waals surface area contributed by atoms with Crippen molar-refractivity contribution in [3.63, 3.8) is 0 Å². The minimum absolute atomic E-state index is 0.231. The first-order valence-corrected chi connectivity index (χ1v) is 9.67. The second-order valence-electron chi connectivity index (χ2n) is 7.33. The normalized spacial score (nSPS) is 17.1. The third-order valence-corrected chi connectivity index (χ3v) is 5.12. The number of anilines is 1. The molecule has 0 bridgehead atoms. The van der Waals surface area contributed by atoms with Crippen LogP contribution in [0, 0.1) is 19.7 Å². The lowest BCUT2D eigenvalue weighted by Gasteiger charge is -2.33. The second-order valence-corrected chi connectivity index (χ2v) is 7.33. The molecule has 1 N–H and O–H groups in total. The van der Waals surface area contributed by atoms with E-state index in [1.807, 2.05) is 30.7 Å². The Morgan fingerprint density at radius 2 is 2.00 bits per heavy atom. The number of nitrogens with one attached hydrogen (secondary N) is 1. The van der Waals surface area contributed by atoms with Crippen molar-refractivity contribution < 1.29 is 4.39 Å². The van der Waals surface area contributed by atoms with E-state index in [-0.39, 0.29) is 5.82 Å². The van der Waals surface area contributed by atoms with Gasteiger partial charge in [0.05, 0.1) is 11.4 Å². The van der Waals surface area contributed by atoms with E-state index in [0.29, 0.717) is 12.6 Å². The lowest BCUT2D eigenvalue weighted by molar-refractivity contribution is 0.417. The van der Waals surface area contributed by atoms with Crippen molar-refractivity contribution in [2.75, 3.05) is 18.0 Å². The number of piperidine rings is 1. The largest absolute Gasteiger partial charge is 0.339 e. The Balaban J connectivity index is 1.49. The van der Waals surface area contributed by atoms with Crippen molar-refractivity contribution in [1.82, 2.24) is 25.1 Å². The number of benzene rings is 1. The van der Waals surface area contributed by atoms with E-state index < -0.39 is 0 Å². The molecule has 28 heavy (non-hydrogen) atoms. The molecule has 0 aliphatic carbocycles. The van der Waals surface area contributed by atoms with Crippen molar-refractivity contribution in [1.29, 1.82) is 0 Å². The molecule has 0 saturated carbocycles. The predicted octanol–water partition coefficient (Wildman–Crippen LogP) is 3.18. The lowest BCUT2D eigenvalue weighted by Crippen LogP contribution is -2.46. The van der Waals surface area contributed by atoms with Crippen molar-refractivity contribution in [3.05, 3.63) is 65.5 Å². The zero-order valence-electron chi connectivity index (χ0n) is 16.3. The van der Waals surface area contributed by atoms with Gasteiger partial charge in [0.15, 0.2) is 0 Å². The Labute approximate surface area is 164 Å². The number of hydrogen-bond acceptors (Lipinski definition) is 5. The van der Waals surface area contributed by atoms with E-state index in [9.17, 15) is 4.39 Å². The molecule has 0 amide bonds. The molecular weight excluding hydrogens is 355 g/mol. The van der Waals surface area contributed by atoms with Gasteiger partial charge in [0, 0.05) is 43.8 Å². The van der Waals surface area contributed by atoms with E-state index in [1.165, 1.54) is 6.07 Å². The van der Waals surface area contributed by atoms with Gasteiger partial charge in [-0.05, 0) is 62.6 Å². The third-order valence-electron chi connectivity index (χ3n) is 5.12. The van der Waals surface area contributed by atoms with E-state index in [4.69, 9.17) is 0 Å².